The Bertz CT molecular complexity index is 530. The Morgan fingerprint density at radius 2 is 0.690 bits per heavy atom. The molecule has 0 radical (unpaired) electrons. The van der Waals surface area contributed by atoms with E-state index < -0.39 is 0 Å². The molecule has 29 heavy (non-hydrogen) atoms. The smallest absolute Gasteiger partial charge is 0.127 e. The quantitative estimate of drug-likeness (QED) is 0.320. The first-order valence-electron chi connectivity index (χ1n) is 8.93. The lowest BCUT2D eigenvalue weighted by Gasteiger charge is -2.09. The summed E-state index contributed by atoms with van der Waals surface area (Å²) >= 11 is 0. The summed E-state index contributed by atoms with van der Waals surface area (Å²) in [5.41, 5.74) is 0. The first kappa shape index (κ1) is 26.6. The largest absolute Gasteiger partial charge is 0.491 e. The molecular formula is C20H30O9. The van der Waals surface area contributed by atoms with E-state index >= 15 is 0 Å². The van der Waals surface area contributed by atoms with E-state index in [4.69, 9.17) is 44.8 Å². The van der Waals surface area contributed by atoms with Gasteiger partial charge in [0.15, 0.2) is 0 Å². The summed E-state index contributed by atoms with van der Waals surface area (Å²) in [6, 6.07) is 14.3. The highest BCUT2D eigenvalue weighted by Gasteiger charge is 2.00. The fourth-order valence-corrected chi connectivity index (χ4v) is 1.67. The molecule has 0 saturated heterocycles. The van der Waals surface area contributed by atoms with Gasteiger partial charge >= 0.3 is 0 Å². The van der Waals surface area contributed by atoms with Crippen molar-refractivity contribution in [2.24, 2.45) is 0 Å². The van der Waals surface area contributed by atoms with Gasteiger partial charge in [0.2, 0.25) is 0 Å². The van der Waals surface area contributed by atoms with E-state index in [0.717, 1.165) is 0 Å². The van der Waals surface area contributed by atoms with Crippen molar-refractivity contribution in [2.75, 3.05) is 52.9 Å². The van der Waals surface area contributed by atoms with Gasteiger partial charge < -0.3 is 44.8 Å². The van der Waals surface area contributed by atoms with Gasteiger partial charge in [0.05, 0.1) is 39.6 Å². The van der Waals surface area contributed by atoms with E-state index in [1.807, 2.05) is 0 Å². The third kappa shape index (κ3) is 14.3. The predicted octanol–water partition coefficient (Wildman–Crippen LogP) is 0.163. The minimum absolute atomic E-state index is 0.0110. The molecule has 164 valence electrons. The summed E-state index contributed by atoms with van der Waals surface area (Å²) in [6.45, 7) is 0.0247. The first-order valence-corrected chi connectivity index (χ1v) is 8.93. The monoisotopic (exact) mass is 414 g/mol. The maximum absolute atomic E-state index is 8.68. The molecule has 2 aromatic carbocycles. The zero-order valence-corrected chi connectivity index (χ0v) is 16.2. The van der Waals surface area contributed by atoms with Crippen LogP contribution < -0.4 is 14.2 Å². The van der Waals surface area contributed by atoms with Crippen molar-refractivity contribution in [3.63, 3.8) is 0 Å². The lowest BCUT2D eigenvalue weighted by Crippen LogP contribution is -2.01. The molecule has 0 aliphatic heterocycles. The van der Waals surface area contributed by atoms with Gasteiger partial charge in [-0.25, -0.2) is 0 Å². The summed E-state index contributed by atoms with van der Waals surface area (Å²) in [5, 5.41) is 47.9. The molecular weight excluding hydrogens is 384 g/mol. The Morgan fingerprint density at radius 1 is 0.414 bits per heavy atom. The Hall–Kier alpha value is -2.40. The second-order valence-electron chi connectivity index (χ2n) is 5.08. The van der Waals surface area contributed by atoms with E-state index in [2.05, 4.69) is 0 Å². The Kier molecular flexibility index (Phi) is 17.4. The molecule has 0 aliphatic rings. The molecule has 0 unspecified atom stereocenters. The van der Waals surface area contributed by atoms with Gasteiger partial charge in [0.1, 0.15) is 36.2 Å². The molecule has 0 aromatic heterocycles. The fourth-order valence-electron chi connectivity index (χ4n) is 1.67. The van der Waals surface area contributed by atoms with Crippen LogP contribution in [-0.4, -0.2) is 83.5 Å². The van der Waals surface area contributed by atoms with E-state index in [9.17, 15) is 0 Å². The van der Waals surface area contributed by atoms with Crippen molar-refractivity contribution in [2.45, 2.75) is 0 Å². The molecule has 9 nitrogen and oxygen atoms in total. The summed E-state index contributed by atoms with van der Waals surface area (Å²) < 4.78 is 16.2. The minimum atomic E-state index is -0.125. The van der Waals surface area contributed by atoms with Crippen molar-refractivity contribution in [1.82, 2.24) is 0 Å². The molecule has 2 rings (SSSR count). The second-order valence-corrected chi connectivity index (χ2v) is 5.08. The third-order valence-electron chi connectivity index (χ3n) is 2.80. The average Bonchev–Trinajstić information content (AvgIpc) is 2.78. The number of aliphatic hydroxyl groups is 6. The third-order valence-corrected chi connectivity index (χ3v) is 2.80. The maximum atomic E-state index is 8.68. The van der Waals surface area contributed by atoms with Gasteiger partial charge in [0, 0.05) is 0 Å². The number of ether oxygens (including phenoxy) is 3. The molecule has 0 aliphatic carbocycles. The fraction of sp³-hybridized carbons (Fsp3) is 0.400. The normalized spacial score (nSPS) is 9.45. The van der Waals surface area contributed by atoms with Crippen LogP contribution >= 0.6 is 0 Å². The van der Waals surface area contributed by atoms with Gasteiger partial charge in [-0.2, -0.15) is 0 Å². The maximum Gasteiger partial charge on any atom is 0.127 e. The topological polar surface area (TPSA) is 149 Å². The van der Waals surface area contributed by atoms with Gasteiger partial charge in [-0.15, -0.1) is 0 Å². The standard InChI is InChI=1S/C16H18O5.2C2H6O2/c17-9-11-19-13-1-5-15(6-2-13)21-16-7-3-14(4-8-16)20-12-10-18;2*3-1-2-4/h1-8,17-18H,9-12H2;2*3-4H,1-2H2. The lowest BCUT2D eigenvalue weighted by atomic mass is 10.3. The molecule has 0 heterocycles. The zero-order valence-electron chi connectivity index (χ0n) is 16.2. The van der Waals surface area contributed by atoms with E-state index in [-0.39, 0.29) is 52.9 Å². The molecule has 0 fully saturated rings. The molecule has 0 spiro atoms. The molecule has 0 bridgehead atoms. The van der Waals surface area contributed by atoms with Crippen LogP contribution in [0.2, 0.25) is 0 Å². The van der Waals surface area contributed by atoms with Crippen LogP contribution in [0.25, 0.3) is 0 Å². The summed E-state index contributed by atoms with van der Waals surface area (Å²) in [7, 11) is 0. The van der Waals surface area contributed by atoms with Crippen molar-refractivity contribution in [3.05, 3.63) is 48.5 Å². The molecule has 2 aromatic rings. The Balaban J connectivity index is 0.000000837. The van der Waals surface area contributed by atoms with Crippen molar-refractivity contribution < 1.29 is 44.8 Å². The number of benzene rings is 2. The van der Waals surface area contributed by atoms with Crippen LogP contribution in [0, 0.1) is 0 Å². The highest BCUT2D eigenvalue weighted by atomic mass is 16.5. The van der Waals surface area contributed by atoms with Gasteiger partial charge in [-0.05, 0) is 48.5 Å². The zero-order chi connectivity index (χ0) is 21.7. The van der Waals surface area contributed by atoms with Crippen LogP contribution in [0.5, 0.6) is 23.0 Å². The Labute approximate surface area is 170 Å². The van der Waals surface area contributed by atoms with E-state index in [1.165, 1.54) is 0 Å². The molecule has 0 amide bonds. The SMILES string of the molecule is OCCO.OCCO.OCCOc1ccc(Oc2ccc(OCCO)cc2)cc1. The van der Waals surface area contributed by atoms with Crippen LogP contribution in [0.3, 0.4) is 0 Å². The van der Waals surface area contributed by atoms with Crippen molar-refractivity contribution in [1.29, 1.82) is 0 Å². The summed E-state index contributed by atoms with van der Waals surface area (Å²) in [4.78, 5) is 0. The summed E-state index contributed by atoms with van der Waals surface area (Å²) in [6.07, 6.45) is 0. The lowest BCUT2D eigenvalue weighted by molar-refractivity contribution is 0.186. The number of rotatable bonds is 10. The van der Waals surface area contributed by atoms with Crippen LogP contribution in [0.15, 0.2) is 48.5 Å². The highest BCUT2D eigenvalue weighted by Crippen LogP contribution is 2.25. The van der Waals surface area contributed by atoms with Crippen LogP contribution in [0.1, 0.15) is 0 Å². The van der Waals surface area contributed by atoms with Gasteiger partial charge in [0.25, 0.3) is 0 Å². The average molecular weight is 414 g/mol. The molecule has 9 heteroatoms. The first-order chi connectivity index (χ1) is 14.1. The Morgan fingerprint density at radius 3 is 0.931 bits per heavy atom. The number of aliphatic hydroxyl groups excluding tert-OH is 6. The molecule has 0 atom stereocenters. The van der Waals surface area contributed by atoms with E-state index in [1.54, 1.807) is 48.5 Å². The van der Waals surface area contributed by atoms with Crippen molar-refractivity contribution >= 4 is 0 Å². The van der Waals surface area contributed by atoms with Gasteiger partial charge in [-0.1, -0.05) is 0 Å². The van der Waals surface area contributed by atoms with Crippen molar-refractivity contribution in [3.8, 4) is 23.0 Å². The molecule has 0 saturated carbocycles. The van der Waals surface area contributed by atoms with Gasteiger partial charge in [-0.3, -0.25) is 0 Å². The van der Waals surface area contributed by atoms with Crippen LogP contribution in [0.4, 0.5) is 0 Å². The minimum Gasteiger partial charge on any atom is -0.491 e. The second kappa shape index (κ2) is 18.9. The summed E-state index contributed by atoms with van der Waals surface area (Å²) in [5.74, 6) is 2.75. The molecule has 6 N–H and O–H groups in total. The van der Waals surface area contributed by atoms with E-state index in [0.29, 0.717) is 23.0 Å². The predicted molar refractivity (Wildman–Crippen MR) is 106 cm³/mol. The van der Waals surface area contributed by atoms with Crippen LogP contribution in [-0.2, 0) is 0 Å². The number of hydrogen-bond acceptors (Lipinski definition) is 9. The highest BCUT2D eigenvalue weighted by molar-refractivity contribution is 5.37. The number of hydrogen-bond donors (Lipinski definition) is 6.